The molecule has 0 aliphatic carbocycles. The molecule has 0 saturated heterocycles. The maximum Gasteiger partial charge on any atom is 0.505 e. The first-order valence-corrected chi connectivity index (χ1v) is 3.41. The van der Waals surface area contributed by atoms with Gasteiger partial charge in [0.1, 0.15) is 0 Å². The Kier molecular flexibility index (Phi) is 8.74. The van der Waals surface area contributed by atoms with Crippen LogP contribution in [0.2, 0.25) is 0 Å². The van der Waals surface area contributed by atoms with Crippen LogP contribution < -0.4 is 0 Å². The fourth-order valence-corrected chi connectivity index (χ4v) is 0.268. The summed E-state index contributed by atoms with van der Waals surface area (Å²) in [6, 6.07) is 0. The molecule has 0 atom stereocenters. The lowest BCUT2D eigenvalue weighted by Crippen LogP contribution is -2.06. The van der Waals surface area contributed by atoms with Gasteiger partial charge in [-0.05, 0) is 6.92 Å². The molecule has 0 radical (unpaired) electrons. The van der Waals surface area contributed by atoms with E-state index in [-0.39, 0.29) is 6.61 Å². The van der Waals surface area contributed by atoms with Gasteiger partial charge in [-0.1, -0.05) is 0 Å². The first-order chi connectivity index (χ1) is 6.33. The lowest BCUT2D eigenvalue weighted by Gasteiger charge is -1.97. The van der Waals surface area contributed by atoms with Gasteiger partial charge in [0.25, 0.3) is 0 Å². The van der Waals surface area contributed by atoms with E-state index in [4.69, 9.17) is 10.3 Å². The summed E-state index contributed by atoms with van der Waals surface area (Å²) in [4.78, 5) is 9.38. The van der Waals surface area contributed by atoms with E-state index in [1.165, 1.54) is 0 Å². The number of rotatable bonds is 2. The average molecular weight is 217 g/mol. The summed E-state index contributed by atoms with van der Waals surface area (Å²) in [6.07, 6.45) is -6.26. The number of ether oxygens (including phenoxy) is 1. The van der Waals surface area contributed by atoms with Crippen molar-refractivity contribution in [2.75, 3.05) is 6.61 Å². The van der Waals surface area contributed by atoms with Crippen molar-refractivity contribution in [2.45, 2.75) is 19.5 Å². The van der Waals surface area contributed by atoms with Crippen LogP contribution >= 0.6 is 0 Å². The fourth-order valence-electron chi connectivity index (χ4n) is 0.268. The number of hydrogen-bond acceptors (Lipinski definition) is 4. The molecule has 5 nitrogen and oxygen atoms in total. The molecule has 0 saturated carbocycles. The van der Waals surface area contributed by atoms with Crippen molar-refractivity contribution in [3.8, 4) is 0 Å². The van der Waals surface area contributed by atoms with Crippen molar-refractivity contribution in [1.29, 1.82) is 0 Å². The molecule has 84 valence electrons. The maximum absolute atomic E-state index is 11.0. The third-order valence-corrected chi connectivity index (χ3v) is 0.672. The molecule has 0 fully saturated rings. The summed E-state index contributed by atoms with van der Waals surface area (Å²) in [6.45, 7) is 1.85. The van der Waals surface area contributed by atoms with Gasteiger partial charge in [0, 0.05) is 0 Å². The van der Waals surface area contributed by atoms with Crippen LogP contribution in [-0.2, 0) is 4.74 Å². The number of nitrogens with zero attached hydrogens (tertiary/aromatic N) is 1. The molecule has 0 aliphatic rings. The number of carboxylic acid groups (broad SMARTS) is 1. The van der Waals surface area contributed by atoms with Gasteiger partial charge in [0.05, 0.1) is 19.2 Å². The van der Waals surface area contributed by atoms with Crippen LogP contribution in [0.1, 0.15) is 13.3 Å². The Balaban J connectivity index is 0. The number of carbonyl (C=O) groups is 1. The van der Waals surface area contributed by atoms with Crippen LogP contribution in [0, 0.1) is 0 Å². The highest BCUT2D eigenvalue weighted by Crippen LogP contribution is 2.17. The van der Waals surface area contributed by atoms with E-state index < -0.39 is 18.8 Å². The minimum absolute atomic E-state index is 0.231. The highest BCUT2D eigenvalue weighted by atomic mass is 19.4. The molecule has 0 rings (SSSR count). The highest BCUT2D eigenvalue weighted by Gasteiger charge is 2.25. The predicted octanol–water partition coefficient (Wildman–Crippen LogP) is 2.10. The van der Waals surface area contributed by atoms with Gasteiger partial charge in [0.15, 0.2) is 0 Å². The van der Waals surface area contributed by atoms with E-state index in [1.807, 2.05) is 0 Å². The first kappa shape index (κ1) is 15.0. The van der Waals surface area contributed by atoms with Gasteiger partial charge < -0.3 is 15.1 Å². The maximum atomic E-state index is 11.0. The van der Waals surface area contributed by atoms with Gasteiger partial charge >= 0.3 is 12.3 Å². The minimum atomic E-state index is -4.26. The Morgan fingerprint density at radius 2 is 2.07 bits per heavy atom. The molecule has 0 unspecified atom stereocenters. The Morgan fingerprint density at radius 3 is 2.14 bits per heavy atom. The van der Waals surface area contributed by atoms with Gasteiger partial charge in [-0.25, -0.2) is 4.79 Å². The van der Waals surface area contributed by atoms with E-state index in [1.54, 1.807) is 6.92 Å². The van der Waals surface area contributed by atoms with Crippen molar-refractivity contribution in [2.24, 2.45) is 5.16 Å². The van der Waals surface area contributed by atoms with Crippen LogP contribution in [0.15, 0.2) is 5.16 Å². The van der Waals surface area contributed by atoms with Crippen LogP contribution in [-0.4, -0.2) is 35.5 Å². The fraction of sp³-hybridized carbons (Fsp3) is 0.667. The minimum Gasteiger partial charge on any atom is -0.450 e. The predicted molar refractivity (Wildman–Crippen MR) is 40.6 cm³/mol. The molecular formula is C6H10F3NO4. The van der Waals surface area contributed by atoms with Crippen LogP contribution in [0.25, 0.3) is 0 Å². The average Bonchev–Trinajstić information content (AvgIpc) is 2.00. The van der Waals surface area contributed by atoms with Gasteiger partial charge in [-0.15, -0.1) is 5.16 Å². The summed E-state index contributed by atoms with van der Waals surface area (Å²) in [5, 5.41) is 17.4. The van der Waals surface area contributed by atoms with Crippen molar-refractivity contribution >= 4 is 12.4 Å². The number of oxime groups is 1. The zero-order chi connectivity index (χ0) is 11.6. The zero-order valence-corrected chi connectivity index (χ0v) is 7.28. The summed E-state index contributed by atoms with van der Waals surface area (Å²) >= 11 is 0. The Labute approximate surface area is 77.8 Å². The quantitative estimate of drug-likeness (QED) is 0.321. The topological polar surface area (TPSA) is 79.1 Å². The van der Waals surface area contributed by atoms with Crippen molar-refractivity contribution < 1.29 is 33.0 Å². The van der Waals surface area contributed by atoms with E-state index in [0.717, 1.165) is 0 Å². The Bertz CT molecular complexity index is 180. The second kappa shape index (κ2) is 8.14. The zero-order valence-electron chi connectivity index (χ0n) is 7.28. The molecule has 0 bridgehead atoms. The SMILES string of the molecule is CCOC(=O)O.ON=CCC(F)(F)F. The summed E-state index contributed by atoms with van der Waals surface area (Å²) in [7, 11) is 0. The molecule has 0 amide bonds. The van der Waals surface area contributed by atoms with Crippen LogP contribution in [0.3, 0.4) is 0 Å². The third-order valence-electron chi connectivity index (χ3n) is 0.672. The summed E-state index contributed by atoms with van der Waals surface area (Å²) < 4.78 is 37.1. The van der Waals surface area contributed by atoms with Crippen molar-refractivity contribution in [3.05, 3.63) is 0 Å². The largest absolute Gasteiger partial charge is 0.505 e. The molecule has 8 heteroatoms. The monoisotopic (exact) mass is 217 g/mol. The van der Waals surface area contributed by atoms with E-state index in [2.05, 4.69) is 9.89 Å². The van der Waals surface area contributed by atoms with Crippen molar-refractivity contribution in [1.82, 2.24) is 0 Å². The molecule has 0 aliphatic heterocycles. The number of halogens is 3. The van der Waals surface area contributed by atoms with E-state index >= 15 is 0 Å². The molecular weight excluding hydrogens is 207 g/mol. The van der Waals surface area contributed by atoms with Crippen molar-refractivity contribution in [3.63, 3.8) is 0 Å². The summed E-state index contributed by atoms with van der Waals surface area (Å²) in [5.41, 5.74) is 0. The van der Waals surface area contributed by atoms with Crippen LogP contribution in [0.4, 0.5) is 18.0 Å². The highest BCUT2D eigenvalue weighted by molar-refractivity contribution is 5.57. The number of hydrogen-bond donors (Lipinski definition) is 2. The van der Waals surface area contributed by atoms with Gasteiger partial charge in [-0.2, -0.15) is 13.2 Å². The Morgan fingerprint density at radius 1 is 1.57 bits per heavy atom. The third kappa shape index (κ3) is 22.4. The second-order valence-electron chi connectivity index (χ2n) is 1.82. The second-order valence-corrected chi connectivity index (χ2v) is 1.82. The van der Waals surface area contributed by atoms with E-state index in [0.29, 0.717) is 6.21 Å². The van der Waals surface area contributed by atoms with Crippen LogP contribution in [0.5, 0.6) is 0 Å². The molecule has 0 aromatic carbocycles. The van der Waals surface area contributed by atoms with Gasteiger partial charge in [-0.3, -0.25) is 0 Å². The smallest absolute Gasteiger partial charge is 0.450 e. The number of alkyl halides is 3. The molecule has 2 N–H and O–H groups in total. The molecule has 0 spiro atoms. The standard InChI is InChI=1S/C3H4F3NO.C3H6O3/c4-3(5,6)1-2-7-8;1-2-6-3(4)5/h2,8H,1H2;2H2,1H3,(H,4,5). The lowest BCUT2D eigenvalue weighted by atomic mass is 10.5. The summed E-state index contributed by atoms with van der Waals surface area (Å²) in [5.74, 6) is 0. The van der Waals surface area contributed by atoms with Gasteiger partial charge in [0.2, 0.25) is 0 Å². The van der Waals surface area contributed by atoms with E-state index in [9.17, 15) is 18.0 Å². The lowest BCUT2D eigenvalue weighted by molar-refractivity contribution is -0.120. The first-order valence-electron chi connectivity index (χ1n) is 3.41. The normalized spacial score (nSPS) is 10.6. The molecule has 0 aromatic rings. The Hall–Kier alpha value is -1.47. The molecule has 0 heterocycles. The molecule has 14 heavy (non-hydrogen) atoms. The molecule has 0 aromatic heterocycles.